The number of ether oxygens (including phenoxy) is 1. The van der Waals surface area contributed by atoms with Crippen LogP contribution in [0.5, 0.6) is 0 Å². The quantitative estimate of drug-likeness (QED) is 0.770. The number of carbonyl (C=O) groups is 3. The van der Waals surface area contributed by atoms with Gasteiger partial charge in [-0.2, -0.15) is 0 Å². The van der Waals surface area contributed by atoms with Crippen LogP contribution in [0.3, 0.4) is 0 Å². The molecule has 0 saturated carbocycles. The largest absolute Gasteiger partial charge is 0.381 e. The third-order valence-electron chi connectivity index (χ3n) is 3.88. The number of rotatable bonds is 2. The standard InChI is InChI=1S/C15H15NO5/c1-9-8-20-7-6-10(9)15(19)21-16-13(17)11-4-2-3-5-12(11)14(16)18/h2-5,9-10H,6-8H2,1H3. The highest BCUT2D eigenvalue weighted by Crippen LogP contribution is 2.26. The first kappa shape index (κ1) is 13.8. The number of hydrogen-bond acceptors (Lipinski definition) is 5. The second-order valence-corrected chi connectivity index (χ2v) is 5.31. The van der Waals surface area contributed by atoms with Gasteiger partial charge in [-0.05, 0) is 24.5 Å². The fraction of sp³-hybridized carbons (Fsp3) is 0.400. The summed E-state index contributed by atoms with van der Waals surface area (Å²) in [5.41, 5.74) is 0.519. The average Bonchev–Trinajstić information content (AvgIpc) is 2.73. The van der Waals surface area contributed by atoms with Crippen molar-refractivity contribution in [1.29, 1.82) is 0 Å². The minimum Gasteiger partial charge on any atom is -0.381 e. The molecule has 0 N–H and O–H groups in total. The first-order chi connectivity index (χ1) is 10.1. The molecule has 0 bridgehead atoms. The van der Waals surface area contributed by atoms with Crippen LogP contribution in [0.4, 0.5) is 0 Å². The number of carbonyl (C=O) groups excluding carboxylic acids is 3. The third kappa shape index (κ3) is 2.31. The predicted octanol–water partition coefficient (Wildman–Crippen LogP) is 1.41. The van der Waals surface area contributed by atoms with Gasteiger partial charge < -0.3 is 9.57 Å². The van der Waals surface area contributed by atoms with Crippen LogP contribution >= 0.6 is 0 Å². The Hall–Kier alpha value is -2.21. The Balaban J connectivity index is 1.76. The first-order valence-corrected chi connectivity index (χ1v) is 6.87. The Morgan fingerprint density at radius 2 is 1.86 bits per heavy atom. The van der Waals surface area contributed by atoms with Gasteiger partial charge in [-0.15, -0.1) is 0 Å². The molecule has 21 heavy (non-hydrogen) atoms. The van der Waals surface area contributed by atoms with Crippen LogP contribution < -0.4 is 0 Å². The maximum Gasteiger partial charge on any atom is 0.336 e. The molecule has 2 atom stereocenters. The molecular formula is C15H15NO5. The summed E-state index contributed by atoms with van der Waals surface area (Å²) in [4.78, 5) is 41.5. The first-order valence-electron chi connectivity index (χ1n) is 6.87. The van der Waals surface area contributed by atoms with Gasteiger partial charge in [0.2, 0.25) is 0 Å². The number of fused-ring (bicyclic) bond motifs is 1. The van der Waals surface area contributed by atoms with Crippen molar-refractivity contribution in [2.75, 3.05) is 13.2 Å². The molecule has 0 aliphatic carbocycles. The van der Waals surface area contributed by atoms with Crippen molar-refractivity contribution < 1.29 is 24.0 Å². The van der Waals surface area contributed by atoms with Gasteiger partial charge in [0, 0.05) is 13.2 Å². The highest BCUT2D eigenvalue weighted by molar-refractivity contribution is 6.20. The van der Waals surface area contributed by atoms with Gasteiger partial charge in [0.1, 0.15) is 0 Å². The van der Waals surface area contributed by atoms with Crippen molar-refractivity contribution in [3.63, 3.8) is 0 Å². The molecule has 0 spiro atoms. The highest BCUT2D eigenvalue weighted by atomic mass is 16.7. The van der Waals surface area contributed by atoms with Crippen LogP contribution in [-0.4, -0.2) is 36.1 Å². The molecule has 1 aromatic rings. The van der Waals surface area contributed by atoms with E-state index in [1.54, 1.807) is 24.3 Å². The summed E-state index contributed by atoms with van der Waals surface area (Å²) in [6.45, 7) is 2.83. The van der Waals surface area contributed by atoms with Gasteiger partial charge in [-0.3, -0.25) is 9.59 Å². The molecule has 6 heteroatoms. The summed E-state index contributed by atoms with van der Waals surface area (Å²) in [5, 5.41) is 0.565. The zero-order chi connectivity index (χ0) is 15.0. The molecule has 110 valence electrons. The highest BCUT2D eigenvalue weighted by Gasteiger charge is 2.40. The molecule has 1 aromatic carbocycles. The number of nitrogens with zero attached hydrogens (tertiary/aromatic N) is 1. The number of hydroxylamine groups is 2. The van der Waals surface area contributed by atoms with Crippen molar-refractivity contribution in [3.8, 4) is 0 Å². The minimum absolute atomic E-state index is 0.00133. The maximum atomic E-state index is 12.2. The summed E-state index contributed by atoms with van der Waals surface area (Å²) < 4.78 is 5.27. The van der Waals surface area contributed by atoms with E-state index in [-0.39, 0.29) is 23.0 Å². The van der Waals surface area contributed by atoms with Gasteiger partial charge in [0.15, 0.2) is 0 Å². The molecule has 1 fully saturated rings. The van der Waals surface area contributed by atoms with Gasteiger partial charge >= 0.3 is 5.97 Å². The van der Waals surface area contributed by atoms with E-state index in [0.29, 0.717) is 24.7 Å². The number of benzene rings is 1. The summed E-state index contributed by atoms with van der Waals surface area (Å²) >= 11 is 0. The zero-order valence-corrected chi connectivity index (χ0v) is 11.6. The van der Waals surface area contributed by atoms with Crippen LogP contribution in [0, 0.1) is 11.8 Å². The Morgan fingerprint density at radius 1 is 1.24 bits per heavy atom. The Morgan fingerprint density at radius 3 is 2.43 bits per heavy atom. The Bertz CT molecular complexity index is 577. The van der Waals surface area contributed by atoms with Crippen molar-refractivity contribution in [1.82, 2.24) is 5.06 Å². The number of amides is 2. The van der Waals surface area contributed by atoms with Crippen molar-refractivity contribution in [2.45, 2.75) is 13.3 Å². The molecule has 3 rings (SSSR count). The number of hydrogen-bond donors (Lipinski definition) is 0. The monoisotopic (exact) mass is 289 g/mol. The normalized spacial score (nSPS) is 24.9. The Kier molecular flexibility index (Phi) is 3.47. The molecule has 2 amide bonds. The molecule has 2 unspecified atom stereocenters. The van der Waals surface area contributed by atoms with Crippen LogP contribution in [0.1, 0.15) is 34.1 Å². The summed E-state index contributed by atoms with van der Waals surface area (Å²) in [6.07, 6.45) is 0.531. The molecule has 0 aromatic heterocycles. The number of imide groups is 1. The minimum atomic E-state index is -0.594. The van der Waals surface area contributed by atoms with E-state index in [1.807, 2.05) is 6.92 Å². The SMILES string of the molecule is CC1COCCC1C(=O)ON1C(=O)c2ccccc2C1=O. The maximum absolute atomic E-state index is 12.2. The second-order valence-electron chi connectivity index (χ2n) is 5.31. The lowest BCUT2D eigenvalue weighted by Gasteiger charge is -2.27. The predicted molar refractivity (Wildman–Crippen MR) is 71.1 cm³/mol. The van der Waals surface area contributed by atoms with Gasteiger partial charge in [0.25, 0.3) is 11.8 Å². The topological polar surface area (TPSA) is 72.9 Å². The van der Waals surface area contributed by atoms with Crippen LogP contribution in [0.15, 0.2) is 24.3 Å². The molecule has 2 aliphatic rings. The van der Waals surface area contributed by atoms with Gasteiger partial charge in [-0.1, -0.05) is 24.1 Å². The molecular weight excluding hydrogens is 274 g/mol. The summed E-state index contributed by atoms with van der Waals surface area (Å²) in [5.74, 6) is -2.10. The lowest BCUT2D eigenvalue weighted by Crippen LogP contribution is -2.39. The fourth-order valence-corrected chi connectivity index (χ4v) is 2.64. The average molecular weight is 289 g/mol. The second kappa shape index (κ2) is 5.29. The van der Waals surface area contributed by atoms with Crippen molar-refractivity contribution in [2.24, 2.45) is 11.8 Å². The molecule has 2 heterocycles. The smallest absolute Gasteiger partial charge is 0.336 e. The van der Waals surface area contributed by atoms with Crippen LogP contribution in [0.2, 0.25) is 0 Å². The van der Waals surface area contributed by atoms with Crippen LogP contribution in [0.25, 0.3) is 0 Å². The van der Waals surface area contributed by atoms with E-state index < -0.39 is 17.8 Å². The van der Waals surface area contributed by atoms with Gasteiger partial charge in [-0.25, -0.2) is 4.79 Å². The third-order valence-corrected chi connectivity index (χ3v) is 3.88. The molecule has 2 aliphatic heterocycles. The zero-order valence-electron chi connectivity index (χ0n) is 11.6. The molecule has 6 nitrogen and oxygen atoms in total. The van der Waals surface area contributed by atoms with Crippen LogP contribution in [-0.2, 0) is 14.4 Å². The van der Waals surface area contributed by atoms with E-state index in [0.717, 1.165) is 0 Å². The van der Waals surface area contributed by atoms with E-state index in [4.69, 9.17) is 9.57 Å². The summed E-state index contributed by atoms with van der Waals surface area (Å²) in [6, 6.07) is 6.41. The van der Waals surface area contributed by atoms with E-state index in [2.05, 4.69) is 0 Å². The molecule has 0 radical (unpaired) electrons. The fourth-order valence-electron chi connectivity index (χ4n) is 2.64. The lowest BCUT2D eigenvalue weighted by atomic mass is 9.90. The van der Waals surface area contributed by atoms with Crippen molar-refractivity contribution >= 4 is 17.8 Å². The summed E-state index contributed by atoms with van der Waals surface area (Å²) in [7, 11) is 0. The van der Waals surface area contributed by atoms with Gasteiger partial charge in [0.05, 0.1) is 17.0 Å². The van der Waals surface area contributed by atoms with E-state index >= 15 is 0 Å². The lowest BCUT2D eigenvalue weighted by molar-refractivity contribution is -0.179. The van der Waals surface area contributed by atoms with E-state index in [1.165, 1.54) is 0 Å². The molecule has 1 saturated heterocycles. The van der Waals surface area contributed by atoms with Crippen molar-refractivity contribution in [3.05, 3.63) is 35.4 Å². The Labute approximate surface area is 121 Å². The van der Waals surface area contributed by atoms with E-state index in [9.17, 15) is 14.4 Å².